The number of rotatable bonds is 1. The number of hydrogen-bond donors (Lipinski definition) is 0. The first-order chi connectivity index (χ1) is 8.24. The molecule has 2 aromatic rings. The summed E-state index contributed by atoms with van der Waals surface area (Å²) >= 11 is 0. The average molecular weight is 228 g/mol. The van der Waals surface area contributed by atoms with Gasteiger partial charge in [-0.25, -0.2) is 4.39 Å². The highest BCUT2D eigenvalue weighted by Crippen LogP contribution is 2.39. The van der Waals surface area contributed by atoms with E-state index in [-0.39, 0.29) is 11.9 Å². The van der Waals surface area contributed by atoms with Crippen LogP contribution < -0.4 is 4.74 Å². The van der Waals surface area contributed by atoms with Gasteiger partial charge in [0, 0.05) is 17.5 Å². The van der Waals surface area contributed by atoms with Gasteiger partial charge in [0.25, 0.3) is 0 Å². The van der Waals surface area contributed by atoms with Crippen molar-refractivity contribution in [1.82, 2.24) is 0 Å². The predicted octanol–water partition coefficient (Wildman–Crippen LogP) is 3.82. The van der Waals surface area contributed by atoms with Gasteiger partial charge in [0.05, 0.1) is 0 Å². The molecule has 86 valence electrons. The quantitative estimate of drug-likeness (QED) is 0.721. The molecule has 0 saturated heterocycles. The third-order valence-corrected chi connectivity index (χ3v) is 3.04. The molecule has 2 heteroatoms. The van der Waals surface area contributed by atoms with Gasteiger partial charge in [-0.05, 0) is 24.6 Å². The number of halogens is 1. The first-order valence-electron chi connectivity index (χ1n) is 5.78. The van der Waals surface area contributed by atoms with Crippen LogP contribution in [0.3, 0.4) is 0 Å². The molecule has 1 unspecified atom stereocenters. The number of ether oxygens (including phenoxy) is 1. The molecule has 3 rings (SSSR count). The summed E-state index contributed by atoms with van der Waals surface area (Å²) in [5.74, 6) is 0.644. The Morgan fingerprint density at radius 2 is 1.94 bits per heavy atom. The molecule has 0 radical (unpaired) electrons. The smallest absolute Gasteiger partial charge is 0.131 e. The summed E-state index contributed by atoms with van der Waals surface area (Å²) in [6.07, 6.45) is 0.918. The molecule has 2 aromatic carbocycles. The number of hydrogen-bond acceptors (Lipinski definition) is 1. The van der Waals surface area contributed by atoms with Crippen LogP contribution in [0.2, 0.25) is 0 Å². The van der Waals surface area contributed by atoms with Crippen LogP contribution in [0, 0.1) is 5.82 Å². The van der Waals surface area contributed by atoms with E-state index >= 15 is 0 Å². The SMILES string of the molecule is CC1Cc2cc(F)cc(-c3ccccc3)c2O1. The molecule has 0 aromatic heterocycles. The fraction of sp³-hybridized carbons (Fsp3) is 0.200. The minimum absolute atomic E-state index is 0.134. The molecule has 0 spiro atoms. The summed E-state index contributed by atoms with van der Waals surface area (Å²) < 4.78 is 19.4. The summed E-state index contributed by atoms with van der Waals surface area (Å²) in [4.78, 5) is 0. The second-order valence-electron chi connectivity index (χ2n) is 4.44. The van der Waals surface area contributed by atoms with E-state index in [1.807, 2.05) is 37.3 Å². The largest absolute Gasteiger partial charge is 0.489 e. The van der Waals surface area contributed by atoms with Crippen LogP contribution in [0.15, 0.2) is 42.5 Å². The first kappa shape index (κ1) is 10.3. The highest BCUT2D eigenvalue weighted by atomic mass is 19.1. The van der Waals surface area contributed by atoms with E-state index in [4.69, 9.17) is 4.74 Å². The van der Waals surface area contributed by atoms with Crippen LogP contribution in [0.1, 0.15) is 12.5 Å². The van der Waals surface area contributed by atoms with Crippen LogP contribution in [-0.4, -0.2) is 6.10 Å². The van der Waals surface area contributed by atoms with Crippen molar-refractivity contribution in [3.05, 3.63) is 53.8 Å². The van der Waals surface area contributed by atoms with Crippen molar-refractivity contribution in [3.63, 3.8) is 0 Å². The molecule has 17 heavy (non-hydrogen) atoms. The normalized spacial score (nSPS) is 17.6. The third kappa shape index (κ3) is 1.80. The molecule has 0 amide bonds. The van der Waals surface area contributed by atoms with E-state index in [9.17, 15) is 4.39 Å². The lowest BCUT2D eigenvalue weighted by Gasteiger charge is -2.09. The van der Waals surface area contributed by atoms with E-state index in [2.05, 4.69) is 0 Å². The lowest BCUT2D eigenvalue weighted by molar-refractivity contribution is 0.255. The first-order valence-corrected chi connectivity index (χ1v) is 5.78. The van der Waals surface area contributed by atoms with Gasteiger partial charge >= 0.3 is 0 Å². The molecule has 0 aliphatic carbocycles. The van der Waals surface area contributed by atoms with E-state index in [0.717, 1.165) is 28.9 Å². The van der Waals surface area contributed by atoms with Crippen molar-refractivity contribution in [2.24, 2.45) is 0 Å². The second-order valence-corrected chi connectivity index (χ2v) is 4.44. The summed E-state index contributed by atoms with van der Waals surface area (Å²) in [6, 6.07) is 12.9. The van der Waals surface area contributed by atoms with Crippen molar-refractivity contribution in [1.29, 1.82) is 0 Å². The molecule has 1 atom stereocenters. The Hall–Kier alpha value is -1.83. The van der Waals surface area contributed by atoms with Gasteiger partial charge in [0.15, 0.2) is 0 Å². The maximum Gasteiger partial charge on any atom is 0.131 e. The van der Waals surface area contributed by atoms with Crippen molar-refractivity contribution in [2.75, 3.05) is 0 Å². The monoisotopic (exact) mass is 228 g/mol. The average Bonchev–Trinajstić information content (AvgIpc) is 2.69. The molecule has 1 aliphatic heterocycles. The van der Waals surface area contributed by atoms with Gasteiger partial charge in [0.1, 0.15) is 17.7 Å². The highest BCUT2D eigenvalue weighted by molar-refractivity contribution is 5.73. The minimum atomic E-state index is -0.194. The fourth-order valence-corrected chi connectivity index (χ4v) is 2.33. The molecule has 1 heterocycles. The Morgan fingerprint density at radius 3 is 2.71 bits per heavy atom. The van der Waals surface area contributed by atoms with Gasteiger partial charge in [-0.15, -0.1) is 0 Å². The summed E-state index contributed by atoms with van der Waals surface area (Å²) in [7, 11) is 0. The zero-order valence-corrected chi connectivity index (χ0v) is 9.61. The maximum absolute atomic E-state index is 13.6. The van der Waals surface area contributed by atoms with E-state index in [1.165, 1.54) is 0 Å². The van der Waals surface area contributed by atoms with E-state index in [0.29, 0.717) is 0 Å². The fourth-order valence-electron chi connectivity index (χ4n) is 2.33. The lowest BCUT2D eigenvalue weighted by Crippen LogP contribution is -2.05. The highest BCUT2D eigenvalue weighted by Gasteiger charge is 2.23. The molecular weight excluding hydrogens is 215 g/mol. The molecule has 0 N–H and O–H groups in total. The number of fused-ring (bicyclic) bond motifs is 1. The van der Waals surface area contributed by atoms with E-state index in [1.54, 1.807) is 12.1 Å². The van der Waals surface area contributed by atoms with Gasteiger partial charge in [-0.3, -0.25) is 0 Å². The molecular formula is C15H13FO. The van der Waals surface area contributed by atoms with Crippen LogP contribution >= 0.6 is 0 Å². The zero-order chi connectivity index (χ0) is 11.8. The maximum atomic E-state index is 13.6. The van der Waals surface area contributed by atoms with Crippen LogP contribution in [0.5, 0.6) is 5.75 Å². The minimum Gasteiger partial charge on any atom is -0.489 e. The van der Waals surface area contributed by atoms with Crippen LogP contribution in [0.4, 0.5) is 4.39 Å². The molecule has 0 bridgehead atoms. The second kappa shape index (κ2) is 3.88. The van der Waals surface area contributed by atoms with Crippen molar-refractivity contribution in [3.8, 4) is 16.9 Å². The van der Waals surface area contributed by atoms with Crippen molar-refractivity contribution >= 4 is 0 Å². The zero-order valence-electron chi connectivity index (χ0n) is 9.61. The Kier molecular flexibility index (Phi) is 2.36. The molecule has 1 aliphatic rings. The standard InChI is InChI=1S/C15H13FO/c1-10-7-12-8-13(16)9-14(15(12)17-10)11-5-3-2-4-6-11/h2-6,8-10H,7H2,1H3. The van der Waals surface area contributed by atoms with Crippen LogP contribution in [0.25, 0.3) is 11.1 Å². The van der Waals surface area contributed by atoms with Gasteiger partial charge in [0.2, 0.25) is 0 Å². The Balaban J connectivity index is 2.18. The van der Waals surface area contributed by atoms with Crippen molar-refractivity contribution < 1.29 is 9.13 Å². The molecule has 0 saturated carbocycles. The molecule has 0 fully saturated rings. The topological polar surface area (TPSA) is 9.23 Å². The predicted molar refractivity (Wildman–Crippen MR) is 65.6 cm³/mol. The summed E-state index contributed by atoms with van der Waals surface area (Å²) in [5.41, 5.74) is 2.82. The summed E-state index contributed by atoms with van der Waals surface area (Å²) in [6.45, 7) is 2.01. The van der Waals surface area contributed by atoms with Gasteiger partial charge < -0.3 is 4.74 Å². The number of benzene rings is 2. The van der Waals surface area contributed by atoms with Gasteiger partial charge in [-0.1, -0.05) is 30.3 Å². The van der Waals surface area contributed by atoms with E-state index < -0.39 is 0 Å². The lowest BCUT2D eigenvalue weighted by atomic mass is 10.0. The Labute approximate surface area is 99.9 Å². The Bertz CT molecular complexity index is 548. The van der Waals surface area contributed by atoms with Crippen LogP contribution in [-0.2, 0) is 6.42 Å². The van der Waals surface area contributed by atoms with Crippen molar-refractivity contribution in [2.45, 2.75) is 19.4 Å². The third-order valence-electron chi connectivity index (χ3n) is 3.04. The Morgan fingerprint density at radius 1 is 1.18 bits per heavy atom. The van der Waals surface area contributed by atoms with Gasteiger partial charge in [-0.2, -0.15) is 0 Å². The summed E-state index contributed by atoms with van der Waals surface area (Å²) in [5, 5.41) is 0. The molecule has 1 nitrogen and oxygen atoms in total.